The minimum atomic E-state index is 0. The minimum Gasteiger partial charge on any atom is -0.497 e. The highest BCUT2D eigenvalue weighted by Gasteiger charge is 2.08. The highest BCUT2D eigenvalue weighted by Crippen LogP contribution is 2.17. The molecule has 0 aliphatic rings. The van der Waals surface area contributed by atoms with Gasteiger partial charge in [0, 0.05) is 38.5 Å². The normalized spacial score (nSPS) is 11.0. The number of hydrogen-bond acceptors (Lipinski definition) is 4. The highest BCUT2D eigenvalue weighted by molar-refractivity contribution is 14.0. The van der Waals surface area contributed by atoms with Gasteiger partial charge in [-0.25, -0.2) is 4.98 Å². The summed E-state index contributed by atoms with van der Waals surface area (Å²) in [6.45, 7) is 5.77. The van der Waals surface area contributed by atoms with E-state index in [-0.39, 0.29) is 24.0 Å². The van der Waals surface area contributed by atoms with Crippen LogP contribution < -0.4 is 10.1 Å². The van der Waals surface area contributed by atoms with Crippen LogP contribution in [0.3, 0.4) is 0 Å². The number of hydrogen-bond donors (Lipinski definition) is 1. The average Bonchev–Trinajstić information content (AvgIpc) is 2.89. The smallest absolute Gasteiger partial charge is 0.193 e. The van der Waals surface area contributed by atoms with Gasteiger partial charge in [-0.05, 0) is 31.5 Å². The molecule has 0 saturated heterocycles. The van der Waals surface area contributed by atoms with Gasteiger partial charge in [-0.15, -0.1) is 35.3 Å². The number of nitrogens with zero attached hydrogens (tertiary/aromatic N) is 3. The molecule has 0 fully saturated rings. The maximum absolute atomic E-state index is 5.20. The molecule has 0 bridgehead atoms. The average molecular weight is 474 g/mol. The summed E-state index contributed by atoms with van der Waals surface area (Å²) in [6.07, 6.45) is 0.965. The molecular formula is C18H27IN4OS. The topological polar surface area (TPSA) is 49.8 Å². The van der Waals surface area contributed by atoms with E-state index in [0.717, 1.165) is 41.9 Å². The van der Waals surface area contributed by atoms with Gasteiger partial charge in [-0.2, -0.15) is 0 Å². The van der Waals surface area contributed by atoms with E-state index in [2.05, 4.69) is 46.2 Å². The minimum absolute atomic E-state index is 0. The van der Waals surface area contributed by atoms with E-state index in [1.807, 2.05) is 26.2 Å². The molecule has 0 aliphatic carbocycles. The third kappa shape index (κ3) is 6.47. The molecule has 0 atom stereocenters. The van der Waals surface area contributed by atoms with Crippen LogP contribution in [0.2, 0.25) is 0 Å². The van der Waals surface area contributed by atoms with Crippen LogP contribution in [0.15, 0.2) is 29.3 Å². The Labute approximate surface area is 171 Å². The van der Waals surface area contributed by atoms with Crippen molar-refractivity contribution in [3.63, 3.8) is 0 Å². The molecule has 25 heavy (non-hydrogen) atoms. The van der Waals surface area contributed by atoms with Crippen molar-refractivity contribution < 1.29 is 4.74 Å². The molecule has 0 saturated carbocycles. The maximum Gasteiger partial charge on any atom is 0.193 e. The number of aromatic nitrogens is 1. The lowest BCUT2D eigenvalue weighted by Gasteiger charge is -2.22. The molecule has 5 nitrogen and oxygen atoms in total. The molecule has 0 amide bonds. The third-order valence-electron chi connectivity index (χ3n) is 3.79. The first-order chi connectivity index (χ1) is 11.5. The molecule has 2 rings (SSSR count). The number of aryl methyl sites for hydroxylation is 2. The number of rotatable bonds is 6. The van der Waals surface area contributed by atoms with Crippen LogP contribution in [0.25, 0.3) is 0 Å². The monoisotopic (exact) mass is 474 g/mol. The zero-order valence-electron chi connectivity index (χ0n) is 15.5. The second-order valence-electron chi connectivity index (χ2n) is 5.67. The number of guanidine groups is 1. The fourth-order valence-electron chi connectivity index (χ4n) is 2.56. The van der Waals surface area contributed by atoms with Crippen LogP contribution in [-0.4, -0.2) is 43.6 Å². The Morgan fingerprint density at radius 3 is 2.48 bits per heavy atom. The molecule has 1 N–H and O–H groups in total. The van der Waals surface area contributed by atoms with Crippen LogP contribution >= 0.6 is 35.3 Å². The van der Waals surface area contributed by atoms with Gasteiger partial charge in [0.05, 0.1) is 17.8 Å². The molecule has 1 heterocycles. The van der Waals surface area contributed by atoms with Gasteiger partial charge >= 0.3 is 0 Å². The maximum atomic E-state index is 5.20. The van der Waals surface area contributed by atoms with Gasteiger partial charge in [0.1, 0.15) is 5.75 Å². The Morgan fingerprint density at radius 1 is 1.28 bits per heavy atom. The first kappa shape index (κ1) is 21.7. The van der Waals surface area contributed by atoms with Crippen LogP contribution in [0.1, 0.15) is 21.1 Å². The SMILES string of the molecule is CN=C(NCCc1sc(C)nc1C)N(C)Cc1ccc(OC)cc1.I. The van der Waals surface area contributed by atoms with Crippen molar-refractivity contribution in [1.29, 1.82) is 0 Å². The second kappa shape index (κ2) is 10.6. The lowest BCUT2D eigenvalue weighted by Crippen LogP contribution is -2.39. The number of benzene rings is 1. The fraction of sp³-hybridized carbons (Fsp3) is 0.444. The van der Waals surface area contributed by atoms with Crippen molar-refractivity contribution in [2.75, 3.05) is 27.7 Å². The standard InChI is InChI=1S/C18H26N4OS.HI/c1-13-17(24-14(2)21-13)10-11-20-18(19-3)22(4)12-15-6-8-16(23-5)9-7-15;/h6-9H,10-12H2,1-5H3,(H,19,20);1H. The predicted octanol–water partition coefficient (Wildman–Crippen LogP) is 3.64. The van der Waals surface area contributed by atoms with Crippen molar-refractivity contribution in [3.05, 3.63) is 45.4 Å². The van der Waals surface area contributed by atoms with E-state index in [9.17, 15) is 0 Å². The fourth-order valence-corrected chi connectivity index (χ4v) is 3.49. The van der Waals surface area contributed by atoms with Gasteiger partial charge in [0.2, 0.25) is 0 Å². The summed E-state index contributed by atoms with van der Waals surface area (Å²) in [5, 5.41) is 4.56. The van der Waals surface area contributed by atoms with Crippen molar-refractivity contribution >= 4 is 41.3 Å². The second-order valence-corrected chi connectivity index (χ2v) is 6.96. The largest absolute Gasteiger partial charge is 0.497 e. The number of thiazole rings is 1. The molecular weight excluding hydrogens is 447 g/mol. The van der Waals surface area contributed by atoms with E-state index in [1.165, 1.54) is 10.4 Å². The zero-order valence-corrected chi connectivity index (χ0v) is 18.6. The van der Waals surface area contributed by atoms with Crippen LogP contribution in [0, 0.1) is 13.8 Å². The lowest BCUT2D eigenvalue weighted by molar-refractivity contribution is 0.414. The molecule has 1 aromatic heterocycles. The molecule has 138 valence electrons. The van der Waals surface area contributed by atoms with Crippen LogP contribution in [-0.2, 0) is 13.0 Å². The molecule has 7 heteroatoms. The summed E-state index contributed by atoms with van der Waals surface area (Å²) in [5.41, 5.74) is 2.36. The van der Waals surface area contributed by atoms with Crippen molar-refractivity contribution in [2.24, 2.45) is 4.99 Å². The summed E-state index contributed by atoms with van der Waals surface area (Å²) in [7, 11) is 5.54. The van der Waals surface area contributed by atoms with E-state index >= 15 is 0 Å². The van der Waals surface area contributed by atoms with Gasteiger partial charge in [-0.1, -0.05) is 12.1 Å². The Hall–Kier alpha value is -1.35. The molecule has 0 unspecified atom stereocenters. The Bertz CT molecular complexity index is 685. The predicted molar refractivity (Wildman–Crippen MR) is 117 cm³/mol. The summed E-state index contributed by atoms with van der Waals surface area (Å²) >= 11 is 1.77. The summed E-state index contributed by atoms with van der Waals surface area (Å²) in [5.74, 6) is 1.77. The Balaban J connectivity index is 0.00000312. The zero-order chi connectivity index (χ0) is 17.5. The highest BCUT2D eigenvalue weighted by atomic mass is 127. The Kier molecular flexibility index (Phi) is 9.20. The molecule has 0 radical (unpaired) electrons. The van der Waals surface area contributed by atoms with Gasteiger partial charge < -0.3 is 15.0 Å². The first-order valence-corrected chi connectivity index (χ1v) is 8.82. The van der Waals surface area contributed by atoms with Crippen LogP contribution in [0.5, 0.6) is 5.75 Å². The van der Waals surface area contributed by atoms with Crippen molar-refractivity contribution in [2.45, 2.75) is 26.8 Å². The molecule has 0 aliphatic heterocycles. The molecule has 0 spiro atoms. The number of ether oxygens (including phenoxy) is 1. The van der Waals surface area contributed by atoms with Gasteiger partial charge in [0.25, 0.3) is 0 Å². The van der Waals surface area contributed by atoms with Gasteiger partial charge in [-0.3, -0.25) is 4.99 Å². The number of methoxy groups -OCH3 is 1. The quantitative estimate of drug-likeness (QED) is 0.395. The third-order valence-corrected chi connectivity index (χ3v) is 4.92. The first-order valence-electron chi connectivity index (χ1n) is 8.01. The van der Waals surface area contributed by atoms with E-state index in [4.69, 9.17) is 4.74 Å². The number of aliphatic imine (C=N–C) groups is 1. The molecule has 2 aromatic rings. The van der Waals surface area contributed by atoms with Gasteiger partial charge in [0.15, 0.2) is 5.96 Å². The van der Waals surface area contributed by atoms with E-state index in [0.29, 0.717) is 0 Å². The number of nitrogens with one attached hydrogen (secondary N) is 1. The number of halogens is 1. The lowest BCUT2D eigenvalue weighted by atomic mass is 10.2. The summed E-state index contributed by atoms with van der Waals surface area (Å²) < 4.78 is 5.20. The Morgan fingerprint density at radius 2 is 1.96 bits per heavy atom. The van der Waals surface area contributed by atoms with Crippen molar-refractivity contribution in [3.8, 4) is 5.75 Å². The van der Waals surface area contributed by atoms with E-state index < -0.39 is 0 Å². The van der Waals surface area contributed by atoms with Crippen molar-refractivity contribution in [1.82, 2.24) is 15.2 Å². The molecule has 1 aromatic carbocycles. The van der Waals surface area contributed by atoms with E-state index in [1.54, 1.807) is 18.4 Å². The summed E-state index contributed by atoms with van der Waals surface area (Å²) in [4.78, 5) is 12.3. The summed E-state index contributed by atoms with van der Waals surface area (Å²) in [6, 6.07) is 8.11. The van der Waals surface area contributed by atoms with Crippen LogP contribution in [0.4, 0.5) is 0 Å².